The SMILES string of the molecule is O=C(N/N=C\c1cccs1)C(O)(c1ccc(Cl)cc1)c1ccc(Cl)cc1. The van der Waals surface area contributed by atoms with E-state index in [1.54, 1.807) is 48.5 Å². The molecule has 1 amide bonds. The number of aliphatic hydroxyl groups is 1. The first-order valence-corrected chi connectivity index (χ1v) is 9.25. The summed E-state index contributed by atoms with van der Waals surface area (Å²) in [5.74, 6) is -0.685. The second-order valence-electron chi connectivity index (χ2n) is 5.44. The highest BCUT2D eigenvalue weighted by Gasteiger charge is 2.40. The summed E-state index contributed by atoms with van der Waals surface area (Å²) in [4.78, 5) is 13.7. The minimum atomic E-state index is -1.94. The van der Waals surface area contributed by atoms with Gasteiger partial charge < -0.3 is 5.11 Å². The highest BCUT2D eigenvalue weighted by molar-refractivity contribution is 7.11. The Hall–Kier alpha value is -2.18. The molecule has 1 aromatic heterocycles. The van der Waals surface area contributed by atoms with E-state index in [1.807, 2.05) is 17.5 Å². The van der Waals surface area contributed by atoms with Crippen molar-refractivity contribution in [2.24, 2.45) is 5.10 Å². The zero-order valence-corrected chi connectivity index (χ0v) is 15.7. The first-order valence-electron chi connectivity index (χ1n) is 7.61. The van der Waals surface area contributed by atoms with Crippen molar-refractivity contribution in [3.8, 4) is 0 Å². The Labute approximate surface area is 164 Å². The topological polar surface area (TPSA) is 61.7 Å². The number of hydrogen-bond acceptors (Lipinski definition) is 4. The minimum Gasteiger partial charge on any atom is -0.372 e. The number of hydrazone groups is 1. The molecule has 26 heavy (non-hydrogen) atoms. The fourth-order valence-corrected chi connectivity index (χ4v) is 3.25. The van der Waals surface area contributed by atoms with Crippen LogP contribution in [0, 0.1) is 0 Å². The first-order chi connectivity index (χ1) is 12.5. The third-order valence-corrected chi connectivity index (χ3v) is 5.06. The normalized spacial score (nSPS) is 11.7. The van der Waals surface area contributed by atoms with Gasteiger partial charge in [0.15, 0.2) is 5.60 Å². The van der Waals surface area contributed by atoms with Crippen LogP contribution < -0.4 is 5.43 Å². The Morgan fingerprint density at radius 2 is 1.54 bits per heavy atom. The molecular formula is C19H14Cl2N2O2S. The second kappa shape index (κ2) is 8.01. The van der Waals surface area contributed by atoms with Crippen LogP contribution in [-0.4, -0.2) is 17.2 Å². The second-order valence-corrected chi connectivity index (χ2v) is 7.29. The Bertz CT molecular complexity index is 862. The number of thiophene rings is 1. The number of nitrogens with one attached hydrogen (secondary N) is 1. The Morgan fingerprint density at radius 3 is 2.00 bits per heavy atom. The molecule has 0 saturated heterocycles. The van der Waals surface area contributed by atoms with Crippen LogP contribution in [0.2, 0.25) is 10.0 Å². The van der Waals surface area contributed by atoms with Gasteiger partial charge in [-0.3, -0.25) is 4.79 Å². The van der Waals surface area contributed by atoms with Crippen molar-refractivity contribution < 1.29 is 9.90 Å². The van der Waals surface area contributed by atoms with Crippen molar-refractivity contribution in [1.82, 2.24) is 5.43 Å². The molecule has 7 heteroatoms. The molecule has 0 aliphatic carbocycles. The molecule has 0 unspecified atom stereocenters. The monoisotopic (exact) mass is 404 g/mol. The van der Waals surface area contributed by atoms with Crippen LogP contribution in [-0.2, 0) is 10.4 Å². The molecule has 0 atom stereocenters. The first kappa shape index (κ1) is 18.6. The van der Waals surface area contributed by atoms with Crippen molar-refractivity contribution >= 4 is 46.7 Å². The van der Waals surface area contributed by atoms with Gasteiger partial charge in [0, 0.05) is 14.9 Å². The zero-order chi connectivity index (χ0) is 18.6. The van der Waals surface area contributed by atoms with Gasteiger partial charge in [0.1, 0.15) is 0 Å². The fraction of sp³-hybridized carbons (Fsp3) is 0.0526. The summed E-state index contributed by atoms with van der Waals surface area (Å²) in [5.41, 5.74) is 1.20. The summed E-state index contributed by atoms with van der Waals surface area (Å²) in [6.45, 7) is 0. The van der Waals surface area contributed by atoms with Gasteiger partial charge in [0.05, 0.1) is 6.21 Å². The van der Waals surface area contributed by atoms with E-state index < -0.39 is 11.5 Å². The van der Waals surface area contributed by atoms with Crippen molar-refractivity contribution in [2.45, 2.75) is 5.60 Å². The molecule has 0 bridgehead atoms. The summed E-state index contributed by atoms with van der Waals surface area (Å²) in [6, 6.07) is 16.6. The van der Waals surface area contributed by atoms with Crippen molar-refractivity contribution in [3.05, 3.63) is 92.1 Å². The maximum absolute atomic E-state index is 12.8. The Balaban J connectivity index is 1.95. The molecule has 3 rings (SSSR count). The van der Waals surface area contributed by atoms with Gasteiger partial charge >= 0.3 is 0 Å². The number of hydrogen-bond donors (Lipinski definition) is 2. The predicted octanol–water partition coefficient (Wildman–Crippen LogP) is 4.44. The Morgan fingerprint density at radius 1 is 1.00 bits per heavy atom. The number of amides is 1. The van der Waals surface area contributed by atoms with E-state index >= 15 is 0 Å². The number of carbonyl (C=O) groups excluding carboxylic acids is 1. The van der Waals surface area contributed by atoms with E-state index in [9.17, 15) is 9.90 Å². The summed E-state index contributed by atoms with van der Waals surface area (Å²) in [6.07, 6.45) is 1.52. The number of rotatable bonds is 5. The molecule has 0 aliphatic heterocycles. The third kappa shape index (κ3) is 3.97. The number of carbonyl (C=O) groups is 1. The lowest BCUT2D eigenvalue weighted by atomic mass is 9.85. The minimum absolute atomic E-state index is 0.369. The van der Waals surface area contributed by atoms with E-state index in [0.29, 0.717) is 21.2 Å². The van der Waals surface area contributed by atoms with Crippen LogP contribution in [0.15, 0.2) is 71.1 Å². The molecule has 0 saturated carbocycles. The van der Waals surface area contributed by atoms with Crippen LogP contribution in [0.4, 0.5) is 0 Å². The van der Waals surface area contributed by atoms with Crippen LogP contribution >= 0.6 is 34.5 Å². The molecule has 3 aromatic rings. The van der Waals surface area contributed by atoms with Crippen LogP contribution in [0.3, 0.4) is 0 Å². The van der Waals surface area contributed by atoms with Gasteiger partial charge in [0.2, 0.25) is 0 Å². The maximum Gasteiger partial charge on any atom is 0.281 e. The molecule has 0 fully saturated rings. The summed E-state index contributed by atoms with van der Waals surface area (Å²) < 4.78 is 0. The largest absolute Gasteiger partial charge is 0.372 e. The van der Waals surface area contributed by atoms with E-state index in [-0.39, 0.29) is 0 Å². The average molecular weight is 405 g/mol. The Kier molecular flexibility index (Phi) is 5.74. The lowest BCUT2D eigenvalue weighted by molar-refractivity contribution is -0.136. The molecule has 2 N–H and O–H groups in total. The fourth-order valence-electron chi connectivity index (χ4n) is 2.41. The maximum atomic E-state index is 12.8. The van der Waals surface area contributed by atoms with Gasteiger partial charge in [-0.15, -0.1) is 11.3 Å². The number of nitrogens with zero attached hydrogens (tertiary/aromatic N) is 1. The predicted molar refractivity (Wildman–Crippen MR) is 106 cm³/mol. The quantitative estimate of drug-likeness (QED) is 0.487. The lowest BCUT2D eigenvalue weighted by Gasteiger charge is -2.27. The van der Waals surface area contributed by atoms with E-state index in [1.165, 1.54) is 17.6 Å². The van der Waals surface area contributed by atoms with E-state index in [0.717, 1.165) is 4.88 Å². The number of benzene rings is 2. The summed E-state index contributed by atoms with van der Waals surface area (Å²) in [5, 5.41) is 18.1. The molecule has 1 heterocycles. The third-order valence-electron chi connectivity index (χ3n) is 3.75. The lowest BCUT2D eigenvalue weighted by Crippen LogP contribution is -2.43. The van der Waals surface area contributed by atoms with Gasteiger partial charge in [-0.1, -0.05) is 53.5 Å². The van der Waals surface area contributed by atoms with Crippen LogP contribution in [0.1, 0.15) is 16.0 Å². The molecular weight excluding hydrogens is 391 g/mol. The van der Waals surface area contributed by atoms with Crippen molar-refractivity contribution in [2.75, 3.05) is 0 Å². The summed E-state index contributed by atoms with van der Waals surface area (Å²) in [7, 11) is 0. The molecule has 0 aliphatic rings. The average Bonchev–Trinajstić information content (AvgIpc) is 3.15. The van der Waals surface area contributed by atoms with Gasteiger partial charge in [0.25, 0.3) is 5.91 Å². The summed E-state index contributed by atoms with van der Waals surface area (Å²) >= 11 is 13.3. The van der Waals surface area contributed by atoms with Gasteiger partial charge in [-0.2, -0.15) is 5.10 Å². The number of halogens is 2. The zero-order valence-electron chi connectivity index (χ0n) is 13.4. The standard InChI is InChI=1S/C19H14Cl2N2O2S/c20-15-7-3-13(4-8-15)19(25,14-5-9-16(21)10-6-14)18(24)23-22-12-17-2-1-11-26-17/h1-12,25H,(H,23,24)/b22-12-. The van der Waals surface area contributed by atoms with E-state index in [4.69, 9.17) is 23.2 Å². The van der Waals surface area contributed by atoms with Crippen molar-refractivity contribution in [1.29, 1.82) is 0 Å². The van der Waals surface area contributed by atoms with Crippen LogP contribution in [0.25, 0.3) is 0 Å². The highest BCUT2D eigenvalue weighted by atomic mass is 35.5. The molecule has 132 valence electrons. The molecule has 4 nitrogen and oxygen atoms in total. The van der Waals surface area contributed by atoms with Crippen molar-refractivity contribution in [3.63, 3.8) is 0 Å². The molecule has 0 spiro atoms. The smallest absolute Gasteiger partial charge is 0.281 e. The van der Waals surface area contributed by atoms with Gasteiger partial charge in [-0.25, -0.2) is 5.43 Å². The highest BCUT2D eigenvalue weighted by Crippen LogP contribution is 2.31. The van der Waals surface area contributed by atoms with Gasteiger partial charge in [-0.05, 0) is 46.8 Å². The van der Waals surface area contributed by atoms with Crippen LogP contribution in [0.5, 0.6) is 0 Å². The molecule has 0 radical (unpaired) electrons. The van der Waals surface area contributed by atoms with E-state index in [2.05, 4.69) is 10.5 Å². The molecule has 2 aromatic carbocycles.